The molecule has 0 amide bonds. The van der Waals surface area contributed by atoms with Crippen LogP contribution in [0.1, 0.15) is 0 Å². The van der Waals surface area contributed by atoms with Gasteiger partial charge < -0.3 is 10.1 Å². The van der Waals surface area contributed by atoms with Crippen LogP contribution in [-0.4, -0.2) is 32.8 Å². The van der Waals surface area contributed by atoms with Crippen molar-refractivity contribution >= 4 is 23.4 Å². The second-order valence-electron chi connectivity index (χ2n) is 2.36. The molecule has 0 radical (unpaired) electrons. The number of nitrogens with one attached hydrogen (secondary N) is 1. The fraction of sp³-hybridized carbons (Fsp3) is 0.429. The van der Waals surface area contributed by atoms with Crippen LogP contribution in [0.5, 0.6) is 0 Å². The van der Waals surface area contributed by atoms with Crippen LogP contribution in [-0.2, 0) is 0 Å². The minimum absolute atomic E-state index is 0.185. The normalized spacial score (nSPS) is 12.8. The molecule has 1 atom stereocenters. The highest BCUT2D eigenvalue weighted by molar-refractivity contribution is 7.99. The van der Waals surface area contributed by atoms with Crippen molar-refractivity contribution < 1.29 is 5.11 Å². The summed E-state index contributed by atoms with van der Waals surface area (Å²) in [6.45, 7) is 0. The summed E-state index contributed by atoms with van der Waals surface area (Å²) >= 11 is 6.66. The first-order chi connectivity index (χ1) is 6.22. The van der Waals surface area contributed by atoms with Gasteiger partial charge in [-0.1, -0.05) is 11.8 Å². The smallest absolute Gasteiger partial charge is 0.251 e. The average molecular weight is 221 g/mol. The predicted molar refractivity (Wildman–Crippen MR) is 52.3 cm³/mol. The first-order valence-corrected chi connectivity index (χ1v) is 5.16. The van der Waals surface area contributed by atoms with Gasteiger partial charge in [0, 0.05) is 23.9 Å². The van der Waals surface area contributed by atoms with Gasteiger partial charge in [0.05, 0.1) is 6.10 Å². The van der Waals surface area contributed by atoms with E-state index < -0.39 is 6.10 Å². The zero-order valence-corrected chi connectivity index (χ0v) is 8.31. The zero-order valence-electron chi connectivity index (χ0n) is 6.74. The molecule has 72 valence electrons. The van der Waals surface area contributed by atoms with Gasteiger partial charge in [-0.15, -0.1) is 11.6 Å². The molecule has 0 aliphatic rings. The maximum atomic E-state index is 10.8. The Balaban J connectivity index is 2.50. The number of aromatic nitrogens is 2. The largest absolute Gasteiger partial charge is 0.391 e. The third kappa shape index (κ3) is 3.80. The van der Waals surface area contributed by atoms with E-state index in [4.69, 9.17) is 16.7 Å². The highest BCUT2D eigenvalue weighted by Crippen LogP contribution is 2.11. The number of hydrogen-bond donors (Lipinski definition) is 2. The topological polar surface area (TPSA) is 66.0 Å². The molecule has 1 heterocycles. The van der Waals surface area contributed by atoms with E-state index in [0.717, 1.165) is 0 Å². The Morgan fingerprint density at radius 2 is 2.54 bits per heavy atom. The Hall–Kier alpha value is -0.520. The number of nitrogens with zero attached hydrogens (tertiary/aromatic N) is 1. The molecule has 0 aliphatic carbocycles. The Bertz CT molecular complexity index is 317. The number of halogens is 1. The highest BCUT2D eigenvalue weighted by Gasteiger charge is 2.03. The molecule has 6 heteroatoms. The van der Waals surface area contributed by atoms with E-state index in [-0.39, 0.29) is 11.4 Å². The Morgan fingerprint density at radius 3 is 3.15 bits per heavy atom. The molecule has 0 saturated heterocycles. The van der Waals surface area contributed by atoms with E-state index in [1.54, 1.807) is 0 Å². The van der Waals surface area contributed by atoms with Gasteiger partial charge in [0.15, 0.2) is 5.16 Å². The molecule has 4 nitrogen and oxygen atoms in total. The molecule has 0 aliphatic heterocycles. The second-order valence-corrected chi connectivity index (χ2v) is 3.68. The Morgan fingerprint density at radius 1 is 1.77 bits per heavy atom. The molecule has 2 N–H and O–H groups in total. The third-order valence-electron chi connectivity index (χ3n) is 1.24. The summed E-state index contributed by atoms with van der Waals surface area (Å²) in [5.41, 5.74) is -0.196. The number of aromatic amines is 1. The third-order valence-corrected chi connectivity index (χ3v) is 2.63. The Kier molecular flexibility index (Phi) is 4.27. The standard InChI is InChI=1S/C7H9ClN2O2S/c8-3-5(11)4-13-7-9-2-1-6(12)10-7/h1-2,5,11H,3-4H2,(H,9,10,12). The van der Waals surface area contributed by atoms with Crippen molar-refractivity contribution in [3.8, 4) is 0 Å². The zero-order chi connectivity index (χ0) is 9.68. The summed E-state index contributed by atoms with van der Waals surface area (Å²) in [6.07, 6.45) is 0.853. The van der Waals surface area contributed by atoms with E-state index in [9.17, 15) is 4.79 Å². The lowest BCUT2D eigenvalue weighted by molar-refractivity contribution is 0.223. The van der Waals surface area contributed by atoms with Gasteiger partial charge in [0.25, 0.3) is 5.56 Å². The summed E-state index contributed by atoms with van der Waals surface area (Å²) in [5, 5.41) is 9.61. The Labute approximate surface area is 84.3 Å². The van der Waals surface area contributed by atoms with Gasteiger partial charge in [-0.25, -0.2) is 4.98 Å². The molecule has 1 rings (SSSR count). The predicted octanol–water partition coefficient (Wildman–Crippen LogP) is 0.462. The molecule has 1 unspecified atom stereocenters. The van der Waals surface area contributed by atoms with Gasteiger partial charge >= 0.3 is 0 Å². The number of alkyl halides is 1. The van der Waals surface area contributed by atoms with Gasteiger partial charge in [-0.2, -0.15) is 0 Å². The lowest BCUT2D eigenvalue weighted by Crippen LogP contribution is -2.12. The van der Waals surface area contributed by atoms with Crippen LogP contribution >= 0.6 is 23.4 Å². The molecule has 1 aromatic rings. The molecular formula is C7H9ClN2O2S. The summed E-state index contributed by atoms with van der Waals surface area (Å²) in [4.78, 5) is 17.2. The minimum Gasteiger partial charge on any atom is -0.391 e. The quantitative estimate of drug-likeness (QED) is 0.440. The summed E-state index contributed by atoms with van der Waals surface area (Å²) in [6, 6.07) is 1.34. The van der Waals surface area contributed by atoms with Gasteiger partial charge in [0.2, 0.25) is 0 Å². The number of thioether (sulfide) groups is 1. The molecule has 0 fully saturated rings. The summed E-state index contributed by atoms with van der Waals surface area (Å²) < 4.78 is 0. The van der Waals surface area contributed by atoms with Gasteiger partial charge in [-0.3, -0.25) is 4.79 Å². The number of aliphatic hydroxyl groups is 1. The fourth-order valence-electron chi connectivity index (χ4n) is 0.645. The first-order valence-electron chi connectivity index (χ1n) is 3.64. The summed E-state index contributed by atoms with van der Waals surface area (Å²) in [7, 11) is 0. The lowest BCUT2D eigenvalue weighted by Gasteiger charge is -2.04. The van der Waals surface area contributed by atoms with E-state index in [2.05, 4.69) is 9.97 Å². The van der Waals surface area contributed by atoms with Crippen molar-refractivity contribution in [2.75, 3.05) is 11.6 Å². The second kappa shape index (κ2) is 5.26. The average Bonchev–Trinajstić information content (AvgIpc) is 2.14. The van der Waals surface area contributed by atoms with Crippen LogP contribution in [0, 0.1) is 0 Å². The van der Waals surface area contributed by atoms with Crippen LogP contribution in [0.2, 0.25) is 0 Å². The van der Waals surface area contributed by atoms with Crippen LogP contribution in [0.25, 0.3) is 0 Å². The summed E-state index contributed by atoms with van der Waals surface area (Å²) in [5.74, 6) is 0.612. The number of rotatable bonds is 4. The monoisotopic (exact) mass is 220 g/mol. The molecule has 0 saturated carbocycles. The molecule has 0 aromatic carbocycles. The van der Waals surface area contributed by atoms with E-state index in [1.165, 1.54) is 24.0 Å². The van der Waals surface area contributed by atoms with Crippen molar-refractivity contribution in [1.29, 1.82) is 0 Å². The van der Waals surface area contributed by atoms with Crippen LogP contribution in [0.4, 0.5) is 0 Å². The van der Waals surface area contributed by atoms with Crippen molar-refractivity contribution in [3.63, 3.8) is 0 Å². The molecule has 0 bridgehead atoms. The highest BCUT2D eigenvalue weighted by atomic mass is 35.5. The lowest BCUT2D eigenvalue weighted by atomic mass is 10.5. The van der Waals surface area contributed by atoms with Crippen LogP contribution in [0.3, 0.4) is 0 Å². The number of aliphatic hydroxyl groups excluding tert-OH is 1. The van der Waals surface area contributed by atoms with Gasteiger partial charge in [0.1, 0.15) is 0 Å². The maximum absolute atomic E-state index is 10.8. The fourth-order valence-corrected chi connectivity index (χ4v) is 1.66. The molecule has 0 spiro atoms. The minimum atomic E-state index is -0.572. The van der Waals surface area contributed by atoms with Crippen molar-refractivity contribution in [3.05, 3.63) is 22.6 Å². The molecule has 13 heavy (non-hydrogen) atoms. The van der Waals surface area contributed by atoms with E-state index >= 15 is 0 Å². The maximum Gasteiger partial charge on any atom is 0.251 e. The van der Waals surface area contributed by atoms with Crippen molar-refractivity contribution in [1.82, 2.24) is 9.97 Å². The molecule has 1 aromatic heterocycles. The number of hydrogen-bond acceptors (Lipinski definition) is 4. The van der Waals surface area contributed by atoms with Crippen molar-refractivity contribution in [2.45, 2.75) is 11.3 Å². The van der Waals surface area contributed by atoms with Gasteiger partial charge in [-0.05, 0) is 0 Å². The first kappa shape index (κ1) is 10.6. The molecular weight excluding hydrogens is 212 g/mol. The SMILES string of the molecule is O=c1ccnc(SCC(O)CCl)[nH]1. The van der Waals surface area contributed by atoms with E-state index in [0.29, 0.717) is 10.9 Å². The van der Waals surface area contributed by atoms with E-state index in [1.807, 2.05) is 0 Å². The van der Waals surface area contributed by atoms with Crippen molar-refractivity contribution in [2.24, 2.45) is 0 Å². The van der Waals surface area contributed by atoms with Crippen LogP contribution < -0.4 is 5.56 Å². The number of H-pyrrole nitrogens is 1. The van der Waals surface area contributed by atoms with Crippen LogP contribution in [0.15, 0.2) is 22.2 Å².